The summed E-state index contributed by atoms with van der Waals surface area (Å²) in [5.74, 6) is 0.790. The summed E-state index contributed by atoms with van der Waals surface area (Å²) in [6.07, 6.45) is 5.51. The zero-order valence-corrected chi connectivity index (χ0v) is 15.6. The van der Waals surface area contributed by atoms with E-state index >= 15 is 0 Å². The van der Waals surface area contributed by atoms with Gasteiger partial charge in [0.1, 0.15) is 0 Å². The molecule has 2 aliphatic rings. The minimum atomic E-state index is -0.542. The van der Waals surface area contributed by atoms with Gasteiger partial charge in [0.25, 0.3) is 0 Å². The van der Waals surface area contributed by atoms with E-state index in [0.29, 0.717) is 17.4 Å². The molecule has 1 amide bonds. The number of hydrogen-bond donors (Lipinski definition) is 0. The molecule has 0 N–H and O–H groups in total. The molecule has 2 aliphatic heterocycles. The predicted molar refractivity (Wildman–Crippen MR) is 96.9 cm³/mol. The van der Waals surface area contributed by atoms with E-state index in [0.717, 1.165) is 25.9 Å². The molecule has 0 aliphatic carbocycles. The van der Waals surface area contributed by atoms with Crippen LogP contribution in [-0.2, 0) is 0 Å². The van der Waals surface area contributed by atoms with Crippen LogP contribution in [0.4, 0.5) is 0 Å². The third-order valence-electron chi connectivity index (χ3n) is 4.68. The Labute approximate surface area is 139 Å². The summed E-state index contributed by atoms with van der Waals surface area (Å²) in [5.41, 5.74) is 0.614. The molecular weight excluding hydrogens is 391 g/mol. The van der Waals surface area contributed by atoms with Crippen molar-refractivity contribution in [3.05, 3.63) is 23.8 Å². The van der Waals surface area contributed by atoms with Crippen molar-refractivity contribution in [1.82, 2.24) is 19.8 Å². The Morgan fingerprint density at radius 2 is 1.73 bits per heavy atom. The Morgan fingerprint density at radius 3 is 2.32 bits per heavy atom. The van der Waals surface area contributed by atoms with E-state index in [1.807, 2.05) is 11.8 Å². The second-order valence-electron chi connectivity index (χ2n) is 6.18. The molecule has 0 saturated carbocycles. The molecule has 3 rings (SSSR count). The van der Waals surface area contributed by atoms with Crippen LogP contribution in [-0.4, -0.2) is 71.7 Å². The summed E-state index contributed by atoms with van der Waals surface area (Å²) in [6.45, 7) is 6.16. The fourth-order valence-corrected chi connectivity index (χ4v) is 6.62. The first-order valence-corrected chi connectivity index (χ1v) is 13.2. The number of aryl methyl sites for hydroxylation is 1. The third-order valence-corrected chi connectivity index (χ3v) is 9.33. The van der Waals surface area contributed by atoms with E-state index in [9.17, 15) is 4.79 Å². The van der Waals surface area contributed by atoms with E-state index in [-0.39, 0.29) is 5.91 Å². The van der Waals surface area contributed by atoms with Crippen LogP contribution in [0.15, 0.2) is 12.4 Å². The van der Waals surface area contributed by atoms with E-state index in [1.54, 1.807) is 12.4 Å². The number of carbonyl (C=O) groups is 1. The molecule has 1 aromatic rings. The van der Waals surface area contributed by atoms with Gasteiger partial charge in [0, 0.05) is 0 Å². The molecule has 3 heterocycles. The monoisotopic (exact) mass is 416 g/mol. The molecule has 5 nitrogen and oxygen atoms in total. The van der Waals surface area contributed by atoms with E-state index in [4.69, 9.17) is 0 Å². The number of hydrogen-bond acceptors (Lipinski definition) is 4. The van der Waals surface area contributed by atoms with Gasteiger partial charge in [-0.05, 0) is 6.92 Å². The molecule has 0 unspecified atom stereocenters. The number of carbonyl (C=O) groups excluding carboxylic acids is 1. The fourth-order valence-electron chi connectivity index (χ4n) is 3.20. The van der Waals surface area contributed by atoms with Crippen molar-refractivity contribution in [2.24, 2.45) is 0 Å². The van der Waals surface area contributed by atoms with Crippen molar-refractivity contribution in [2.45, 2.75) is 25.8 Å². The standard InChI is InChI=1S/C16H25IN4O/c1-13-18-11-14(12-19-13)16(22)21-7-3-15(4-8-21)20-9-5-17(2)6-10-20/h11-12,15H,3-10H2,1-2H3. The van der Waals surface area contributed by atoms with Gasteiger partial charge in [0.15, 0.2) is 0 Å². The van der Waals surface area contributed by atoms with Gasteiger partial charge in [0.05, 0.1) is 0 Å². The van der Waals surface area contributed by atoms with Gasteiger partial charge >= 0.3 is 133 Å². The van der Waals surface area contributed by atoms with Gasteiger partial charge in [-0.2, -0.15) is 0 Å². The number of halogens is 1. The second kappa shape index (κ2) is 7.21. The maximum atomic E-state index is 12.5. The molecule has 2 saturated heterocycles. The van der Waals surface area contributed by atoms with Crippen LogP contribution in [0.5, 0.6) is 0 Å². The molecular formula is C16H25IN4O. The van der Waals surface area contributed by atoms with Crippen molar-refractivity contribution in [3.8, 4) is 0 Å². The Hall–Kier alpha value is -0.760. The number of nitrogens with zero attached hydrogens (tertiary/aromatic N) is 4. The van der Waals surface area contributed by atoms with Gasteiger partial charge in [-0.15, -0.1) is 0 Å². The average molecular weight is 416 g/mol. The van der Waals surface area contributed by atoms with Crippen LogP contribution in [0.25, 0.3) is 0 Å². The van der Waals surface area contributed by atoms with Crippen LogP contribution >= 0.6 is 19.8 Å². The first-order chi connectivity index (χ1) is 10.6. The molecule has 1 aromatic heterocycles. The van der Waals surface area contributed by atoms with Crippen LogP contribution in [0.3, 0.4) is 0 Å². The normalized spacial score (nSPS) is 22.8. The fraction of sp³-hybridized carbons (Fsp3) is 0.688. The van der Waals surface area contributed by atoms with Crippen molar-refractivity contribution in [3.63, 3.8) is 0 Å². The molecule has 0 aromatic carbocycles. The van der Waals surface area contributed by atoms with Crippen LogP contribution in [0, 0.1) is 6.92 Å². The molecule has 122 valence electrons. The van der Waals surface area contributed by atoms with Gasteiger partial charge in [-0.3, -0.25) is 0 Å². The summed E-state index contributed by atoms with van der Waals surface area (Å²) in [7, 11) is 0. The van der Waals surface area contributed by atoms with Gasteiger partial charge in [0.2, 0.25) is 0 Å². The van der Waals surface area contributed by atoms with Crippen LogP contribution < -0.4 is 0 Å². The van der Waals surface area contributed by atoms with Gasteiger partial charge < -0.3 is 0 Å². The first-order valence-electron chi connectivity index (χ1n) is 7.97. The number of amides is 1. The van der Waals surface area contributed by atoms with Crippen molar-refractivity contribution >= 4 is 25.7 Å². The predicted octanol–water partition coefficient (Wildman–Crippen LogP) is 1.84. The number of rotatable bonds is 2. The molecule has 0 radical (unpaired) electrons. The first kappa shape index (κ1) is 16.1. The van der Waals surface area contributed by atoms with Crippen LogP contribution in [0.2, 0.25) is 0 Å². The summed E-state index contributed by atoms with van der Waals surface area (Å²) < 4.78 is 2.95. The number of piperidine rings is 1. The number of likely N-dealkylation sites (tertiary alicyclic amines) is 1. The third kappa shape index (κ3) is 3.76. The van der Waals surface area contributed by atoms with Crippen LogP contribution in [0.1, 0.15) is 29.0 Å². The number of alkyl halides is 3. The topological polar surface area (TPSA) is 49.3 Å². The summed E-state index contributed by atoms with van der Waals surface area (Å²) in [5, 5.41) is 0. The molecule has 0 bridgehead atoms. The van der Waals surface area contributed by atoms with Crippen molar-refractivity contribution in [1.29, 1.82) is 0 Å². The van der Waals surface area contributed by atoms with Gasteiger partial charge in [-0.1, -0.05) is 0 Å². The maximum absolute atomic E-state index is 12.5. The van der Waals surface area contributed by atoms with Crippen molar-refractivity contribution in [2.75, 3.05) is 40.0 Å². The van der Waals surface area contributed by atoms with E-state index in [2.05, 4.69) is 19.8 Å². The molecule has 22 heavy (non-hydrogen) atoms. The Morgan fingerprint density at radius 1 is 1.14 bits per heavy atom. The Bertz CT molecular complexity index is 505. The summed E-state index contributed by atoms with van der Waals surface area (Å²) >= 11 is -0.542. The summed E-state index contributed by atoms with van der Waals surface area (Å²) in [6, 6.07) is 0.683. The zero-order chi connectivity index (χ0) is 15.5. The van der Waals surface area contributed by atoms with E-state index in [1.165, 1.54) is 21.9 Å². The van der Waals surface area contributed by atoms with Crippen molar-refractivity contribution < 1.29 is 4.79 Å². The molecule has 6 heteroatoms. The Kier molecular flexibility index (Phi) is 5.28. The average Bonchev–Trinajstić information content (AvgIpc) is 2.56. The van der Waals surface area contributed by atoms with E-state index < -0.39 is 19.8 Å². The number of aromatic nitrogens is 2. The quantitative estimate of drug-likeness (QED) is 0.546. The molecule has 2 fully saturated rings. The van der Waals surface area contributed by atoms with Gasteiger partial charge in [-0.25, -0.2) is 0 Å². The second-order valence-corrected chi connectivity index (χ2v) is 12.5. The zero-order valence-electron chi connectivity index (χ0n) is 13.5. The SMILES string of the molecule is Cc1ncc(C(=O)N2CCC(N3CCI(C)CC3)CC2)cn1. The Balaban J connectivity index is 1.53. The molecule has 0 spiro atoms. The summed E-state index contributed by atoms with van der Waals surface area (Å²) in [4.78, 5) is 27.9. The minimum absolute atomic E-state index is 0.0825. The molecule has 0 atom stereocenters.